The quantitative estimate of drug-likeness (QED) is 0.727. The molecule has 1 aromatic heterocycles. The topological polar surface area (TPSA) is 54.3 Å². The first-order valence-electron chi connectivity index (χ1n) is 9.20. The van der Waals surface area contributed by atoms with E-state index in [2.05, 4.69) is 38.7 Å². The number of nitrogens with zero attached hydrogens (tertiary/aromatic N) is 5. The highest BCUT2D eigenvalue weighted by molar-refractivity contribution is 8.00. The number of amides is 1. The highest BCUT2D eigenvalue weighted by Crippen LogP contribution is 2.25. The van der Waals surface area contributed by atoms with Crippen LogP contribution in [-0.4, -0.2) is 68.4 Å². The number of aryl methyl sites for hydroxylation is 1. The number of likely N-dealkylation sites (N-methyl/N-ethyl adjacent to an activating group) is 1. The van der Waals surface area contributed by atoms with Crippen LogP contribution in [0.15, 0.2) is 35.5 Å². The first kappa shape index (κ1) is 18.9. The number of aromatic nitrogens is 3. The predicted molar refractivity (Wildman–Crippen MR) is 104 cm³/mol. The van der Waals surface area contributed by atoms with E-state index in [1.165, 1.54) is 17.3 Å². The summed E-state index contributed by atoms with van der Waals surface area (Å²) in [7, 11) is 0. The van der Waals surface area contributed by atoms with E-state index >= 15 is 0 Å². The molecule has 0 radical (unpaired) electrons. The van der Waals surface area contributed by atoms with Gasteiger partial charge in [0, 0.05) is 26.2 Å². The minimum atomic E-state index is -0.165. The molecule has 1 amide bonds. The molecule has 26 heavy (non-hydrogen) atoms. The molecule has 2 heterocycles. The first-order valence-corrected chi connectivity index (χ1v) is 10.1. The Labute approximate surface area is 159 Å². The average molecular weight is 374 g/mol. The fraction of sp³-hybridized carbons (Fsp3) is 0.526. The van der Waals surface area contributed by atoms with Crippen molar-refractivity contribution in [2.75, 3.05) is 32.7 Å². The number of thioether (sulfide) groups is 1. The number of hydrogen-bond donors (Lipinski definition) is 0. The third-order valence-electron chi connectivity index (χ3n) is 4.85. The van der Waals surface area contributed by atoms with Gasteiger partial charge in [-0.1, -0.05) is 49.0 Å². The Morgan fingerprint density at radius 2 is 1.85 bits per heavy atom. The molecule has 0 saturated carbocycles. The van der Waals surface area contributed by atoms with Crippen LogP contribution in [0.5, 0.6) is 0 Å². The number of carbonyl (C=O) groups excluding carboxylic acids is 1. The number of piperazine rings is 1. The third-order valence-corrected chi connectivity index (χ3v) is 5.91. The zero-order valence-corrected chi connectivity index (χ0v) is 16.6. The zero-order valence-electron chi connectivity index (χ0n) is 15.8. The summed E-state index contributed by atoms with van der Waals surface area (Å²) in [5.41, 5.74) is 1.20. The molecule has 1 aliphatic rings. The van der Waals surface area contributed by atoms with E-state index in [0.717, 1.165) is 50.2 Å². The van der Waals surface area contributed by atoms with E-state index in [0.29, 0.717) is 0 Å². The van der Waals surface area contributed by atoms with Crippen molar-refractivity contribution in [3.8, 4) is 0 Å². The van der Waals surface area contributed by atoms with Crippen LogP contribution in [0.2, 0.25) is 0 Å². The Kier molecular flexibility index (Phi) is 6.32. The van der Waals surface area contributed by atoms with Crippen LogP contribution in [0.3, 0.4) is 0 Å². The molecule has 0 spiro atoms. The van der Waals surface area contributed by atoms with Crippen molar-refractivity contribution in [2.45, 2.75) is 37.7 Å². The molecular weight excluding hydrogens is 346 g/mol. The Morgan fingerprint density at radius 1 is 1.15 bits per heavy atom. The van der Waals surface area contributed by atoms with Crippen LogP contribution in [-0.2, 0) is 11.3 Å². The second kappa shape index (κ2) is 8.68. The van der Waals surface area contributed by atoms with E-state index < -0.39 is 0 Å². The lowest BCUT2D eigenvalue weighted by Gasteiger charge is -2.35. The first-order chi connectivity index (χ1) is 12.6. The van der Waals surface area contributed by atoms with Gasteiger partial charge in [-0.2, -0.15) is 0 Å². The molecule has 7 heteroatoms. The second-order valence-corrected chi connectivity index (χ2v) is 7.93. The minimum Gasteiger partial charge on any atom is -0.339 e. The molecule has 1 fully saturated rings. The molecule has 1 aromatic carbocycles. The van der Waals surface area contributed by atoms with Crippen LogP contribution < -0.4 is 0 Å². The molecule has 0 bridgehead atoms. The molecule has 6 nitrogen and oxygen atoms in total. The largest absolute Gasteiger partial charge is 0.339 e. The molecule has 1 saturated heterocycles. The lowest BCUT2D eigenvalue weighted by atomic mass is 10.2. The molecule has 140 valence electrons. The van der Waals surface area contributed by atoms with Crippen molar-refractivity contribution in [3.63, 3.8) is 0 Å². The zero-order chi connectivity index (χ0) is 18.5. The maximum absolute atomic E-state index is 12.8. The SMILES string of the molecule is CCN1CCN(C(=O)[C@H](C)Sc2nnc(C)n2Cc2ccccc2)CC1. The van der Waals surface area contributed by atoms with Gasteiger partial charge in [0.15, 0.2) is 5.16 Å². The summed E-state index contributed by atoms with van der Waals surface area (Å²) in [6.07, 6.45) is 0. The van der Waals surface area contributed by atoms with Gasteiger partial charge in [-0.15, -0.1) is 10.2 Å². The molecule has 3 rings (SSSR count). The monoisotopic (exact) mass is 373 g/mol. The molecule has 1 aliphatic heterocycles. The van der Waals surface area contributed by atoms with Gasteiger partial charge < -0.3 is 14.4 Å². The standard InChI is InChI=1S/C19H27N5OS/c1-4-22-10-12-23(13-11-22)18(25)15(2)26-19-21-20-16(3)24(19)14-17-8-6-5-7-9-17/h5-9,15H,4,10-14H2,1-3H3/t15-/m0/s1. The van der Waals surface area contributed by atoms with Crippen molar-refractivity contribution < 1.29 is 4.79 Å². The molecular formula is C19H27N5OS. The van der Waals surface area contributed by atoms with Gasteiger partial charge in [0.05, 0.1) is 11.8 Å². The molecule has 1 atom stereocenters. The smallest absolute Gasteiger partial charge is 0.235 e. The van der Waals surface area contributed by atoms with Crippen molar-refractivity contribution in [1.82, 2.24) is 24.6 Å². The summed E-state index contributed by atoms with van der Waals surface area (Å²) in [5, 5.41) is 9.16. The maximum Gasteiger partial charge on any atom is 0.235 e. The van der Waals surface area contributed by atoms with Crippen LogP contribution in [0.4, 0.5) is 0 Å². The van der Waals surface area contributed by atoms with E-state index in [4.69, 9.17) is 0 Å². The van der Waals surface area contributed by atoms with Crippen molar-refractivity contribution in [3.05, 3.63) is 41.7 Å². The Balaban J connectivity index is 1.64. The Morgan fingerprint density at radius 3 is 2.50 bits per heavy atom. The van der Waals surface area contributed by atoms with Gasteiger partial charge in [-0.25, -0.2) is 0 Å². The normalized spacial score (nSPS) is 16.7. The van der Waals surface area contributed by atoms with Crippen LogP contribution in [0, 0.1) is 6.92 Å². The summed E-state index contributed by atoms with van der Waals surface area (Å²) in [5.74, 6) is 1.06. The van der Waals surface area contributed by atoms with E-state index in [-0.39, 0.29) is 11.2 Å². The fourth-order valence-corrected chi connectivity index (χ4v) is 4.12. The third kappa shape index (κ3) is 4.45. The van der Waals surface area contributed by atoms with Crippen molar-refractivity contribution in [2.24, 2.45) is 0 Å². The summed E-state index contributed by atoms with van der Waals surface area (Å²) in [6.45, 7) is 11.4. The molecule has 0 unspecified atom stereocenters. The predicted octanol–water partition coefficient (Wildman–Crippen LogP) is 2.28. The van der Waals surface area contributed by atoms with Crippen LogP contribution in [0.1, 0.15) is 25.2 Å². The number of rotatable bonds is 6. The summed E-state index contributed by atoms with van der Waals surface area (Å²) in [6, 6.07) is 10.3. The summed E-state index contributed by atoms with van der Waals surface area (Å²) in [4.78, 5) is 17.2. The summed E-state index contributed by atoms with van der Waals surface area (Å²) >= 11 is 1.50. The van der Waals surface area contributed by atoms with Gasteiger partial charge >= 0.3 is 0 Å². The lowest BCUT2D eigenvalue weighted by molar-refractivity contribution is -0.132. The highest BCUT2D eigenvalue weighted by atomic mass is 32.2. The Bertz CT molecular complexity index is 725. The van der Waals surface area contributed by atoms with Gasteiger partial charge in [-0.3, -0.25) is 4.79 Å². The number of benzene rings is 1. The highest BCUT2D eigenvalue weighted by Gasteiger charge is 2.26. The van der Waals surface area contributed by atoms with Gasteiger partial charge in [0.2, 0.25) is 5.91 Å². The number of carbonyl (C=O) groups is 1. The van der Waals surface area contributed by atoms with Crippen LogP contribution in [0.25, 0.3) is 0 Å². The van der Waals surface area contributed by atoms with Crippen molar-refractivity contribution >= 4 is 17.7 Å². The van der Waals surface area contributed by atoms with E-state index in [1.807, 2.05) is 36.9 Å². The molecule has 0 aliphatic carbocycles. The lowest BCUT2D eigenvalue weighted by Crippen LogP contribution is -2.50. The fourth-order valence-electron chi connectivity index (χ4n) is 3.15. The van der Waals surface area contributed by atoms with Gasteiger partial charge in [-0.05, 0) is 26.0 Å². The maximum atomic E-state index is 12.8. The van der Waals surface area contributed by atoms with Crippen molar-refractivity contribution in [1.29, 1.82) is 0 Å². The van der Waals surface area contributed by atoms with E-state index in [9.17, 15) is 4.79 Å². The van der Waals surface area contributed by atoms with Gasteiger partial charge in [0.1, 0.15) is 5.82 Å². The number of hydrogen-bond acceptors (Lipinski definition) is 5. The molecule has 0 N–H and O–H groups in total. The molecule has 2 aromatic rings. The van der Waals surface area contributed by atoms with Crippen LogP contribution >= 0.6 is 11.8 Å². The van der Waals surface area contributed by atoms with E-state index in [1.54, 1.807) is 0 Å². The summed E-state index contributed by atoms with van der Waals surface area (Å²) < 4.78 is 2.08. The minimum absolute atomic E-state index is 0.165. The average Bonchev–Trinajstić information content (AvgIpc) is 3.01. The second-order valence-electron chi connectivity index (χ2n) is 6.62. The van der Waals surface area contributed by atoms with Gasteiger partial charge in [0.25, 0.3) is 0 Å². The Hall–Kier alpha value is -1.86.